The molecule has 2 rings (SSSR count). The molecule has 2 heterocycles. The molecule has 1 fully saturated rings. The molecule has 0 amide bonds. The molecular formula is C11H16Cl2N4. The second-order valence-corrected chi connectivity index (χ2v) is 5.05. The molecule has 1 saturated heterocycles. The molecule has 1 aliphatic rings. The van der Waals surface area contributed by atoms with Crippen LogP contribution in [0.15, 0.2) is 6.20 Å². The first-order valence-corrected chi connectivity index (χ1v) is 6.58. The maximum Gasteiger partial charge on any atom is 0.224 e. The lowest BCUT2D eigenvalue weighted by molar-refractivity contribution is 0.269. The predicted octanol–water partition coefficient (Wildman–Crippen LogP) is 2.68. The molecule has 0 aliphatic carbocycles. The van der Waals surface area contributed by atoms with Gasteiger partial charge in [0, 0.05) is 12.6 Å². The summed E-state index contributed by atoms with van der Waals surface area (Å²) in [7, 11) is 0. The van der Waals surface area contributed by atoms with E-state index in [1.807, 2.05) is 0 Å². The Morgan fingerprint density at radius 1 is 1.41 bits per heavy atom. The molecule has 4 nitrogen and oxygen atoms in total. The number of anilines is 1. The SMILES string of the molecule is CC(CNc1nc(Cl)ncc1Cl)N1CCCC1. The third-order valence-electron chi connectivity index (χ3n) is 3.04. The van der Waals surface area contributed by atoms with Crippen molar-refractivity contribution in [3.8, 4) is 0 Å². The van der Waals surface area contributed by atoms with Gasteiger partial charge in [0.25, 0.3) is 0 Å². The van der Waals surface area contributed by atoms with E-state index in [1.54, 1.807) is 0 Å². The highest BCUT2D eigenvalue weighted by Gasteiger charge is 2.18. The molecule has 0 saturated carbocycles. The zero-order valence-electron chi connectivity index (χ0n) is 9.79. The Labute approximate surface area is 111 Å². The van der Waals surface area contributed by atoms with Gasteiger partial charge in [0.2, 0.25) is 5.28 Å². The number of aromatic nitrogens is 2. The highest BCUT2D eigenvalue weighted by Crippen LogP contribution is 2.20. The summed E-state index contributed by atoms with van der Waals surface area (Å²) in [6, 6.07) is 0.474. The van der Waals surface area contributed by atoms with Crippen molar-refractivity contribution in [1.29, 1.82) is 0 Å². The number of nitrogens with zero attached hydrogens (tertiary/aromatic N) is 3. The third-order valence-corrected chi connectivity index (χ3v) is 3.50. The van der Waals surface area contributed by atoms with Crippen molar-refractivity contribution < 1.29 is 0 Å². The van der Waals surface area contributed by atoms with Crippen molar-refractivity contribution in [3.05, 3.63) is 16.5 Å². The van der Waals surface area contributed by atoms with Crippen molar-refractivity contribution in [2.45, 2.75) is 25.8 Å². The third kappa shape index (κ3) is 3.44. The summed E-state index contributed by atoms with van der Waals surface area (Å²) < 4.78 is 0. The molecule has 1 atom stereocenters. The molecule has 0 aromatic carbocycles. The van der Waals surface area contributed by atoms with Crippen LogP contribution in [0.2, 0.25) is 10.3 Å². The van der Waals surface area contributed by atoms with Gasteiger partial charge in [-0.15, -0.1) is 0 Å². The summed E-state index contributed by atoms with van der Waals surface area (Å²) in [5.74, 6) is 0.609. The van der Waals surface area contributed by atoms with Crippen molar-refractivity contribution in [2.75, 3.05) is 25.0 Å². The fourth-order valence-electron chi connectivity index (χ4n) is 2.03. The van der Waals surface area contributed by atoms with E-state index in [-0.39, 0.29) is 5.28 Å². The molecule has 1 N–H and O–H groups in total. The van der Waals surface area contributed by atoms with E-state index >= 15 is 0 Å². The van der Waals surface area contributed by atoms with Gasteiger partial charge >= 0.3 is 0 Å². The summed E-state index contributed by atoms with van der Waals surface area (Å²) in [6.45, 7) is 5.38. The average molecular weight is 275 g/mol. The Hall–Kier alpha value is -0.580. The molecule has 1 aromatic rings. The molecule has 94 valence electrons. The molecule has 1 aliphatic heterocycles. The van der Waals surface area contributed by atoms with Gasteiger partial charge in [-0.25, -0.2) is 4.98 Å². The second kappa shape index (κ2) is 5.85. The Morgan fingerprint density at radius 2 is 2.12 bits per heavy atom. The van der Waals surface area contributed by atoms with Crippen molar-refractivity contribution in [2.24, 2.45) is 0 Å². The zero-order chi connectivity index (χ0) is 12.3. The van der Waals surface area contributed by atoms with Crippen LogP contribution in [0.4, 0.5) is 5.82 Å². The molecule has 17 heavy (non-hydrogen) atoms. The normalized spacial score (nSPS) is 18.3. The molecule has 0 bridgehead atoms. The minimum Gasteiger partial charge on any atom is -0.367 e. The van der Waals surface area contributed by atoms with Crippen LogP contribution in [0.1, 0.15) is 19.8 Å². The lowest BCUT2D eigenvalue weighted by Gasteiger charge is -2.24. The summed E-state index contributed by atoms with van der Waals surface area (Å²) in [4.78, 5) is 10.3. The fourth-order valence-corrected chi connectivity index (χ4v) is 2.32. The maximum absolute atomic E-state index is 5.98. The summed E-state index contributed by atoms with van der Waals surface area (Å²) >= 11 is 11.7. The first-order valence-electron chi connectivity index (χ1n) is 5.83. The minimum absolute atomic E-state index is 0.214. The van der Waals surface area contributed by atoms with Gasteiger partial charge in [-0.3, -0.25) is 4.90 Å². The number of nitrogens with one attached hydrogen (secondary N) is 1. The van der Waals surface area contributed by atoms with Crippen LogP contribution in [0, 0.1) is 0 Å². The largest absolute Gasteiger partial charge is 0.367 e. The van der Waals surface area contributed by atoms with Gasteiger partial charge in [-0.2, -0.15) is 4.98 Å². The molecule has 1 unspecified atom stereocenters. The number of likely N-dealkylation sites (tertiary alicyclic amines) is 1. The maximum atomic E-state index is 5.98. The van der Waals surface area contributed by atoms with E-state index in [0.717, 1.165) is 6.54 Å². The van der Waals surface area contributed by atoms with Crippen molar-refractivity contribution in [1.82, 2.24) is 14.9 Å². The smallest absolute Gasteiger partial charge is 0.224 e. The predicted molar refractivity (Wildman–Crippen MR) is 70.8 cm³/mol. The van der Waals surface area contributed by atoms with Gasteiger partial charge in [-0.1, -0.05) is 11.6 Å². The number of hydrogen-bond donors (Lipinski definition) is 1. The van der Waals surface area contributed by atoms with E-state index in [0.29, 0.717) is 16.9 Å². The van der Waals surface area contributed by atoms with Crippen molar-refractivity contribution >= 4 is 29.0 Å². The lowest BCUT2D eigenvalue weighted by Crippen LogP contribution is -2.35. The molecule has 1 aromatic heterocycles. The topological polar surface area (TPSA) is 41.1 Å². The van der Waals surface area contributed by atoms with E-state index in [2.05, 4.69) is 27.1 Å². The van der Waals surface area contributed by atoms with Crippen LogP contribution >= 0.6 is 23.2 Å². The van der Waals surface area contributed by atoms with Gasteiger partial charge < -0.3 is 5.32 Å². The Bertz CT molecular complexity index is 380. The van der Waals surface area contributed by atoms with Gasteiger partial charge in [-0.05, 0) is 44.5 Å². The molecular weight excluding hydrogens is 259 g/mol. The van der Waals surface area contributed by atoms with Crippen LogP contribution in [-0.2, 0) is 0 Å². The van der Waals surface area contributed by atoms with E-state index in [1.165, 1.54) is 32.1 Å². The molecule has 6 heteroatoms. The van der Waals surface area contributed by atoms with E-state index in [4.69, 9.17) is 23.2 Å². The van der Waals surface area contributed by atoms with E-state index in [9.17, 15) is 0 Å². The Kier molecular flexibility index (Phi) is 4.42. The Morgan fingerprint density at radius 3 is 2.82 bits per heavy atom. The first kappa shape index (κ1) is 12.9. The summed E-state index contributed by atoms with van der Waals surface area (Å²) in [5, 5.41) is 3.94. The summed E-state index contributed by atoms with van der Waals surface area (Å²) in [6.07, 6.45) is 4.11. The van der Waals surface area contributed by atoms with Crippen LogP contribution in [0.3, 0.4) is 0 Å². The van der Waals surface area contributed by atoms with Crippen LogP contribution in [0.25, 0.3) is 0 Å². The van der Waals surface area contributed by atoms with E-state index < -0.39 is 0 Å². The zero-order valence-corrected chi connectivity index (χ0v) is 11.3. The highest BCUT2D eigenvalue weighted by molar-refractivity contribution is 6.33. The van der Waals surface area contributed by atoms with Gasteiger partial charge in [0.05, 0.1) is 6.20 Å². The monoisotopic (exact) mass is 274 g/mol. The lowest BCUT2D eigenvalue weighted by atomic mass is 10.3. The van der Waals surface area contributed by atoms with Gasteiger partial charge in [0.15, 0.2) is 0 Å². The van der Waals surface area contributed by atoms with Crippen LogP contribution in [0.5, 0.6) is 0 Å². The minimum atomic E-state index is 0.214. The molecule has 0 spiro atoms. The van der Waals surface area contributed by atoms with Crippen molar-refractivity contribution in [3.63, 3.8) is 0 Å². The van der Waals surface area contributed by atoms with Crippen LogP contribution in [-0.4, -0.2) is 40.5 Å². The number of halogens is 2. The summed E-state index contributed by atoms with van der Waals surface area (Å²) in [5.41, 5.74) is 0. The first-order chi connectivity index (χ1) is 8.16. The quantitative estimate of drug-likeness (QED) is 0.858. The number of rotatable bonds is 4. The molecule has 0 radical (unpaired) electrons. The fraction of sp³-hybridized carbons (Fsp3) is 0.636. The van der Waals surface area contributed by atoms with Gasteiger partial charge in [0.1, 0.15) is 10.8 Å². The highest BCUT2D eigenvalue weighted by atomic mass is 35.5. The standard InChI is InChI=1S/C11H16Cl2N4/c1-8(17-4-2-3-5-17)6-14-10-9(12)7-15-11(13)16-10/h7-8H,2-6H2,1H3,(H,14,15,16). The second-order valence-electron chi connectivity index (χ2n) is 4.31. The average Bonchev–Trinajstić information content (AvgIpc) is 2.83. The Balaban J connectivity index is 1.90. The van der Waals surface area contributed by atoms with Crippen LogP contribution < -0.4 is 5.32 Å². The number of hydrogen-bond acceptors (Lipinski definition) is 4.